The standard InChI is InChI=1S/C20H25ClN8O3/c1-3-28-12-6-5-11(8-24-10-15(30)31)7-13(12)29(4-2)14(28)9-25-20(32)16-18(22)27-19(23)17(21)26-16/h5-7,24H,3-4,8-10H2,1-2H3,(H5-,22,23,25,27,30,31,32)/p+1. The van der Waals surface area contributed by atoms with Gasteiger partial charge in [-0.3, -0.25) is 9.59 Å². The van der Waals surface area contributed by atoms with E-state index in [1.807, 2.05) is 32.0 Å². The summed E-state index contributed by atoms with van der Waals surface area (Å²) in [7, 11) is 0. The minimum Gasteiger partial charge on any atom is -0.480 e. The van der Waals surface area contributed by atoms with Crippen LogP contribution >= 0.6 is 11.6 Å². The van der Waals surface area contributed by atoms with Crippen LogP contribution in [0.15, 0.2) is 18.2 Å². The first kappa shape index (κ1) is 23.2. The number of hydrogen-bond acceptors (Lipinski definition) is 7. The van der Waals surface area contributed by atoms with Gasteiger partial charge < -0.3 is 27.2 Å². The molecule has 0 unspecified atom stereocenters. The molecule has 0 bridgehead atoms. The lowest BCUT2D eigenvalue weighted by Crippen LogP contribution is -2.40. The van der Waals surface area contributed by atoms with E-state index in [0.29, 0.717) is 19.6 Å². The molecule has 3 rings (SSSR count). The number of carboxylic acids is 1. The second-order valence-electron chi connectivity index (χ2n) is 7.04. The highest BCUT2D eigenvalue weighted by molar-refractivity contribution is 6.31. The molecule has 0 radical (unpaired) electrons. The van der Waals surface area contributed by atoms with Crippen LogP contribution in [-0.2, 0) is 31.0 Å². The summed E-state index contributed by atoms with van der Waals surface area (Å²) in [4.78, 5) is 31.2. The normalized spacial score (nSPS) is 11.1. The number of halogens is 1. The summed E-state index contributed by atoms with van der Waals surface area (Å²) in [5.74, 6) is -0.655. The van der Waals surface area contributed by atoms with Gasteiger partial charge in [-0.05, 0) is 31.5 Å². The molecule has 12 heteroatoms. The van der Waals surface area contributed by atoms with Gasteiger partial charge in [0.05, 0.1) is 19.6 Å². The van der Waals surface area contributed by atoms with Crippen LogP contribution in [0.1, 0.15) is 35.7 Å². The van der Waals surface area contributed by atoms with Gasteiger partial charge in [0.15, 0.2) is 33.5 Å². The lowest BCUT2D eigenvalue weighted by Gasteiger charge is -2.08. The van der Waals surface area contributed by atoms with Crippen LogP contribution in [0.5, 0.6) is 0 Å². The second-order valence-corrected chi connectivity index (χ2v) is 7.40. The van der Waals surface area contributed by atoms with Crippen molar-refractivity contribution >= 4 is 46.1 Å². The number of benzene rings is 1. The Bertz CT molecular complexity index is 1180. The fourth-order valence-electron chi connectivity index (χ4n) is 3.61. The molecule has 3 aromatic rings. The Kier molecular flexibility index (Phi) is 7.11. The van der Waals surface area contributed by atoms with E-state index in [9.17, 15) is 9.59 Å². The third-order valence-corrected chi connectivity index (χ3v) is 5.29. The zero-order chi connectivity index (χ0) is 23.4. The summed E-state index contributed by atoms with van der Waals surface area (Å²) in [6, 6.07) is 5.98. The maximum atomic E-state index is 12.7. The number of nitrogen functional groups attached to an aromatic ring is 2. The lowest BCUT2D eigenvalue weighted by molar-refractivity contribution is -0.676. The maximum absolute atomic E-state index is 12.7. The Morgan fingerprint density at radius 1 is 1.19 bits per heavy atom. The second kappa shape index (κ2) is 9.79. The molecule has 2 aromatic heterocycles. The van der Waals surface area contributed by atoms with Crippen LogP contribution in [-0.4, -0.2) is 38.1 Å². The van der Waals surface area contributed by atoms with Gasteiger partial charge in [-0.2, -0.15) is 0 Å². The van der Waals surface area contributed by atoms with E-state index in [0.717, 1.165) is 22.4 Å². The highest BCUT2D eigenvalue weighted by Crippen LogP contribution is 2.19. The number of imidazole rings is 1. The van der Waals surface area contributed by atoms with Gasteiger partial charge in [0.2, 0.25) is 0 Å². The zero-order valence-corrected chi connectivity index (χ0v) is 18.6. The van der Waals surface area contributed by atoms with Crippen LogP contribution < -0.4 is 26.7 Å². The average molecular weight is 462 g/mol. The third-order valence-electron chi connectivity index (χ3n) is 5.01. The van der Waals surface area contributed by atoms with E-state index in [1.54, 1.807) is 0 Å². The van der Waals surface area contributed by atoms with Crippen molar-refractivity contribution in [2.75, 3.05) is 18.0 Å². The number of nitrogens with zero attached hydrogens (tertiary/aromatic N) is 4. The van der Waals surface area contributed by atoms with Crippen molar-refractivity contribution in [3.63, 3.8) is 0 Å². The number of nitrogens with two attached hydrogens (primary N) is 2. The summed E-state index contributed by atoms with van der Waals surface area (Å²) in [5, 5.41) is 14.5. The van der Waals surface area contributed by atoms with Gasteiger partial charge in [-0.15, -0.1) is 0 Å². The minimum absolute atomic E-state index is 0.0377. The van der Waals surface area contributed by atoms with Gasteiger partial charge in [0.1, 0.15) is 6.54 Å². The van der Waals surface area contributed by atoms with Gasteiger partial charge in [0.25, 0.3) is 11.7 Å². The fraction of sp³-hybridized carbons (Fsp3) is 0.350. The molecule has 0 saturated heterocycles. The summed E-state index contributed by atoms with van der Waals surface area (Å²) >= 11 is 5.88. The number of fused-ring (bicyclic) bond motifs is 1. The van der Waals surface area contributed by atoms with E-state index in [1.165, 1.54) is 0 Å². The summed E-state index contributed by atoms with van der Waals surface area (Å²) in [6.07, 6.45) is 0. The number of aliphatic carboxylic acids is 1. The number of anilines is 2. The SMILES string of the molecule is CCn1c(CNC(=O)c2nc(Cl)c(N)nc2N)[n+](CC)c2ccc(CNCC(=O)O)cc21. The zero-order valence-electron chi connectivity index (χ0n) is 17.9. The van der Waals surface area contributed by atoms with Crippen LogP contribution in [0.4, 0.5) is 11.6 Å². The van der Waals surface area contributed by atoms with Gasteiger partial charge in [0, 0.05) is 6.54 Å². The monoisotopic (exact) mass is 461 g/mol. The van der Waals surface area contributed by atoms with Gasteiger partial charge in [-0.1, -0.05) is 17.7 Å². The molecular weight excluding hydrogens is 436 g/mol. The molecule has 0 aliphatic heterocycles. The first-order valence-electron chi connectivity index (χ1n) is 10.1. The molecule has 0 aliphatic rings. The van der Waals surface area contributed by atoms with Crippen molar-refractivity contribution in [2.24, 2.45) is 0 Å². The number of carbonyl (C=O) groups is 2. The first-order valence-corrected chi connectivity index (χ1v) is 10.5. The summed E-state index contributed by atoms with van der Waals surface area (Å²) < 4.78 is 4.21. The predicted octanol–water partition coefficient (Wildman–Crippen LogP) is 0.681. The van der Waals surface area contributed by atoms with Crippen LogP contribution in [0.3, 0.4) is 0 Å². The highest BCUT2D eigenvalue weighted by atomic mass is 35.5. The molecule has 1 aromatic carbocycles. The smallest absolute Gasteiger partial charge is 0.317 e. The summed E-state index contributed by atoms with van der Waals surface area (Å²) in [6.45, 7) is 5.97. The number of aryl methyl sites for hydroxylation is 2. The number of nitrogens with one attached hydrogen (secondary N) is 2. The first-order chi connectivity index (χ1) is 15.3. The Balaban J connectivity index is 1.89. The molecule has 11 nitrogen and oxygen atoms in total. The van der Waals surface area contributed by atoms with Gasteiger partial charge in [-0.25, -0.2) is 19.1 Å². The van der Waals surface area contributed by atoms with Crippen molar-refractivity contribution in [1.29, 1.82) is 0 Å². The molecule has 170 valence electrons. The highest BCUT2D eigenvalue weighted by Gasteiger charge is 2.25. The quantitative estimate of drug-likeness (QED) is 0.290. The minimum atomic E-state index is -0.905. The molecule has 0 fully saturated rings. The molecule has 0 saturated carbocycles. The van der Waals surface area contributed by atoms with Crippen molar-refractivity contribution in [1.82, 2.24) is 25.2 Å². The van der Waals surface area contributed by atoms with E-state index < -0.39 is 11.9 Å². The van der Waals surface area contributed by atoms with Crippen LogP contribution in [0, 0.1) is 0 Å². The number of hydrogen-bond donors (Lipinski definition) is 5. The fourth-order valence-corrected chi connectivity index (χ4v) is 3.74. The van der Waals surface area contributed by atoms with Crippen molar-refractivity contribution in [3.8, 4) is 0 Å². The Labute approximate surface area is 189 Å². The largest absolute Gasteiger partial charge is 0.480 e. The number of rotatable bonds is 9. The van der Waals surface area contributed by atoms with Crippen molar-refractivity contribution < 1.29 is 19.3 Å². The molecular formula is C20H26ClN8O3+. The number of amides is 1. The van der Waals surface area contributed by atoms with E-state index in [-0.39, 0.29) is 35.6 Å². The maximum Gasteiger partial charge on any atom is 0.317 e. The molecule has 7 N–H and O–H groups in total. The van der Waals surface area contributed by atoms with Gasteiger partial charge >= 0.3 is 5.97 Å². The van der Waals surface area contributed by atoms with Crippen molar-refractivity contribution in [3.05, 3.63) is 40.4 Å². The topological polar surface area (TPSA) is 165 Å². The summed E-state index contributed by atoms with van der Waals surface area (Å²) in [5.41, 5.74) is 14.2. The Hall–Kier alpha value is -3.44. The van der Waals surface area contributed by atoms with E-state index in [4.69, 9.17) is 28.2 Å². The molecule has 2 heterocycles. The molecule has 0 atom stereocenters. The number of carboxylic acid groups (broad SMARTS) is 1. The van der Waals surface area contributed by atoms with E-state index >= 15 is 0 Å². The molecule has 32 heavy (non-hydrogen) atoms. The van der Waals surface area contributed by atoms with Crippen LogP contribution in [0.2, 0.25) is 5.15 Å². The molecule has 0 aliphatic carbocycles. The Morgan fingerprint density at radius 2 is 1.94 bits per heavy atom. The Morgan fingerprint density at radius 3 is 2.59 bits per heavy atom. The van der Waals surface area contributed by atoms with E-state index in [2.05, 4.69) is 29.7 Å². The molecule has 0 spiro atoms. The van der Waals surface area contributed by atoms with Crippen molar-refractivity contribution in [2.45, 2.75) is 40.0 Å². The third kappa shape index (κ3) is 4.73. The number of carbonyl (C=O) groups excluding carboxylic acids is 1. The van der Waals surface area contributed by atoms with Crippen LogP contribution in [0.25, 0.3) is 11.0 Å². The lowest BCUT2D eigenvalue weighted by atomic mass is 10.2. The average Bonchev–Trinajstić information content (AvgIpc) is 3.06. The predicted molar refractivity (Wildman–Crippen MR) is 120 cm³/mol. The number of aromatic nitrogens is 4. The molecule has 1 amide bonds.